The lowest BCUT2D eigenvalue weighted by Gasteiger charge is -1.87. The molecule has 0 spiro atoms. The smallest absolute Gasteiger partial charge is 0.265 e. The summed E-state index contributed by atoms with van der Waals surface area (Å²) in [6.45, 7) is 0. The van der Waals surface area contributed by atoms with Crippen LogP contribution in [0.15, 0.2) is 29.5 Å². The van der Waals surface area contributed by atoms with E-state index in [0.717, 1.165) is 5.52 Å². The Morgan fingerprint density at radius 2 is 2.50 bits per heavy atom. The summed E-state index contributed by atoms with van der Waals surface area (Å²) in [7, 11) is 0. The van der Waals surface area contributed by atoms with Crippen molar-refractivity contribution in [2.24, 2.45) is 0 Å². The molecular weight excluding hydrogens is 130 g/mol. The van der Waals surface area contributed by atoms with Crippen LogP contribution in [0.2, 0.25) is 0 Å². The number of rotatable bonds is 0. The number of nitrogens with one attached hydrogen (secondary N) is 1. The van der Waals surface area contributed by atoms with Crippen molar-refractivity contribution >= 4 is 5.52 Å². The third-order valence-electron chi connectivity index (χ3n) is 1.30. The topological polar surface area (TPSA) is 50.2 Å². The van der Waals surface area contributed by atoms with Crippen molar-refractivity contribution in [1.29, 1.82) is 0 Å². The van der Waals surface area contributed by atoms with Gasteiger partial charge >= 0.3 is 0 Å². The van der Waals surface area contributed by atoms with Crippen molar-refractivity contribution in [2.75, 3.05) is 0 Å². The molecule has 0 unspecified atom stereocenters. The number of hydrogen-bond donors (Lipinski definition) is 1. The van der Waals surface area contributed by atoms with Gasteiger partial charge in [-0.2, -0.15) is 0 Å². The van der Waals surface area contributed by atoms with Crippen LogP contribution >= 0.6 is 0 Å². The average molecular weight is 135 g/mol. The monoisotopic (exact) mass is 135 g/mol. The average Bonchev–Trinajstić information content (AvgIpc) is 2.27. The molecule has 0 atom stereocenters. The molecule has 4 heteroatoms. The van der Waals surface area contributed by atoms with Gasteiger partial charge in [0.05, 0.1) is 11.7 Å². The van der Waals surface area contributed by atoms with Crippen molar-refractivity contribution in [3.05, 3.63) is 35.0 Å². The Labute approximate surface area is 56.1 Å². The zero-order valence-corrected chi connectivity index (χ0v) is 5.11. The first-order chi connectivity index (χ1) is 4.86. The van der Waals surface area contributed by atoms with Crippen molar-refractivity contribution in [3.63, 3.8) is 0 Å². The van der Waals surface area contributed by atoms with E-state index in [4.69, 9.17) is 0 Å². The van der Waals surface area contributed by atoms with Gasteiger partial charge in [0.2, 0.25) is 0 Å². The molecule has 50 valence electrons. The number of H-pyrrole nitrogens is 1. The molecule has 2 aromatic rings. The molecule has 0 aliphatic heterocycles. The van der Waals surface area contributed by atoms with Gasteiger partial charge in [0.15, 0.2) is 0 Å². The number of fused-ring (bicyclic) bond motifs is 1. The van der Waals surface area contributed by atoms with Gasteiger partial charge in [-0.1, -0.05) is 0 Å². The molecule has 2 heterocycles. The van der Waals surface area contributed by atoms with Gasteiger partial charge in [0.1, 0.15) is 0 Å². The zero-order chi connectivity index (χ0) is 6.97. The molecule has 0 aromatic carbocycles. The highest BCUT2D eigenvalue weighted by atomic mass is 16.1. The molecular formula is C6H5N3O. The van der Waals surface area contributed by atoms with Gasteiger partial charge < -0.3 is 0 Å². The Hall–Kier alpha value is -1.58. The molecule has 0 fully saturated rings. The Morgan fingerprint density at radius 3 is 3.30 bits per heavy atom. The first-order valence-corrected chi connectivity index (χ1v) is 2.88. The summed E-state index contributed by atoms with van der Waals surface area (Å²) in [6.07, 6.45) is 4.93. The molecule has 0 aliphatic carbocycles. The maximum absolute atomic E-state index is 10.7. The van der Waals surface area contributed by atoms with E-state index in [-0.39, 0.29) is 5.56 Å². The van der Waals surface area contributed by atoms with Gasteiger partial charge in [-0.25, -0.2) is 0 Å². The van der Waals surface area contributed by atoms with Gasteiger partial charge in [-0.15, -0.1) is 0 Å². The number of nitrogens with zero attached hydrogens (tertiary/aromatic N) is 2. The van der Waals surface area contributed by atoms with E-state index < -0.39 is 0 Å². The minimum atomic E-state index is -0.104. The standard InChI is InChI=1S/C6H5N3O/c10-6-3-5-4-7-1-2-9(5)8-6/h1-4H,(H,8,10). The lowest BCUT2D eigenvalue weighted by molar-refractivity contribution is 0.925. The van der Waals surface area contributed by atoms with E-state index in [1.54, 1.807) is 23.1 Å². The quantitative estimate of drug-likeness (QED) is 0.553. The minimum absolute atomic E-state index is 0.104. The van der Waals surface area contributed by atoms with E-state index in [0.29, 0.717) is 0 Å². The van der Waals surface area contributed by atoms with Crippen LogP contribution in [0.3, 0.4) is 0 Å². The maximum Gasteiger partial charge on any atom is 0.265 e. The highest BCUT2D eigenvalue weighted by Crippen LogP contribution is 1.91. The van der Waals surface area contributed by atoms with Crippen molar-refractivity contribution in [3.8, 4) is 0 Å². The molecule has 1 N–H and O–H groups in total. The van der Waals surface area contributed by atoms with Crippen LogP contribution < -0.4 is 5.56 Å². The minimum Gasteiger partial charge on any atom is -0.268 e. The van der Waals surface area contributed by atoms with Crippen LogP contribution in [-0.4, -0.2) is 14.6 Å². The molecule has 0 bridgehead atoms. The normalized spacial score (nSPS) is 10.4. The van der Waals surface area contributed by atoms with E-state index >= 15 is 0 Å². The summed E-state index contributed by atoms with van der Waals surface area (Å²) in [6, 6.07) is 1.49. The SMILES string of the molecule is O=c1cc2cnccn2[nH]1. The van der Waals surface area contributed by atoms with E-state index in [1.807, 2.05) is 0 Å². The lowest BCUT2D eigenvalue weighted by Crippen LogP contribution is -1.97. The predicted octanol–water partition coefficient (Wildman–Crippen LogP) is 0.0226. The second-order valence-electron chi connectivity index (χ2n) is 1.99. The molecule has 10 heavy (non-hydrogen) atoms. The summed E-state index contributed by atoms with van der Waals surface area (Å²) in [4.78, 5) is 14.5. The van der Waals surface area contributed by atoms with E-state index in [2.05, 4.69) is 10.1 Å². The predicted molar refractivity (Wildman–Crippen MR) is 35.8 cm³/mol. The fraction of sp³-hybridized carbons (Fsp3) is 0. The molecule has 0 saturated heterocycles. The first kappa shape index (κ1) is 5.22. The molecule has 0 aliphatic rings. The molecule has 0 saturated carbocycles. The summed E-state index contributed by atoms with van der Waals surface area (Å²) in [5, 5.41) is 2.58. The Morgan fingerprint density at radius 1 is 1.60 bits per heavy atom. The maximum atomic E-state index is 10.7. The Kier molecular flexibility index (Phi) is 0.887. The third kappa shape index (κ3) is 0.621. The Balaban J connectivity index is 3.01. The number of aromatic amines is 1. The van der Waals surface area contributed by atoms with Crippen LogP contribution in [0.1, 0.15) is 0 Å². The summed E-state index contributed by atoms with van der Waals surface area (Å²) >= 11 is 0. The summed E-state index contributed by atoms with van der Waals surface area (Å²) in [5.74, 6) is 0. The summed E-state index contributed by atoms with van der Waals surface area (Å²) in [5.41, 5.74) is 0.681. The highest BCUT2D eigenvalue weighted by molar-refractivity contribution is 5.41. The van der Waals surface area contributed by atoms with Gasteiger partial charge in [-0.3, -0.25) is 19.4 Å². The molecule has 0 radical (unpaired) electrons. The molecule has 0 amide bonds. The van der Waals surface area contributed by atoms with Gasteiger partial charge in [-0.05, 0) is 0 Å². The van der Waals surface area contributed by atoms with Crippen molar-refractivity contribution in [1.82, 2.24) is 14.6 Å². The third-order valence-corrected chi connectivity index (χ3v) is 1.30. The van der Waals surface area contributed by atoms with Crippen LogP contribution in [0.5, 0.6) is 0 Å². The summed E-state index contributed by atoms with van der Waals surface area (Å²) < 4.78 is 1.62. The first-order valence-electron chi connectivity index (χ1n) is 2.88. The van der Waals surface area contributed by atoms with E-state index in [1.165, 1.54) is 6.07 Å². The van der Waals surface area contributed by atoms with Crippen LogP contribution in [0, 0.1) is 0 Å². The van der Waals surface area contributed by atoms with Crippen LogP contribution in [0.4, 0.5) is 0 Å². The lowest BCUT2D eigenvalue weighted by atomic mass is 10.5. The number of aromatic nitrogens is 3. The zero-order valence-electron chi connectivity index (χ0n) is 5.11. The fourth-order valence-electron chi connectivity index (χ4n) is 0.867. The van der Waals surface area contributed by atoms with Crippen LogP contribution in [0.25, 0.3) is 5.52 Å². The largest absolute Gasteiger partial charge is 0.268 e. The van der Waals surface area contributed by atoms with Gasteiger partial charge in [0, 0.05) is 18.5 Å². The Bertz CT molecular complexity index is 364. The molecule has 2 aromatic heterocycles. The van der Waals surface area contributed by atoms with Crippen molar-refractivity contribution in [2.45, 2.75) is 0 Å². The van der Waals surface area contributed by atoms with Gasteiger partial charge in [0.25, 0.3) is 5.56 Å². The highest BCUT2D eigenvalue weighted by Gasteiger charge is 1.91. The van der Waals surface area contributed by atoms with E-state index in [9.17, 15) is 4.79 Å². The molecule has 2 rings (SSSR count). The fourth-order valence-corrected chi connectivity index (χ4v) is 0.867. The van der Waals surface area contributed by atoms with Crippen LogP contribution in [-0.2, 0) is 0 Å². The second-order valence-corrected chi connectivity index (χ2v) is 1.99. The van der Waals surface area contributed by atoms with Crippen molar-refractivity contribution < 1.29 is 0 Å². The molecule has 4 nitrogen and oxygen atoms in total. The number of hydrogen-bond acceptors (Lipinski definition) is 2. The second kappa shape index (κ2) is 1.70.